The Morgan fingerprint density at radius 1 is 1.11 bits per heavy atom. The first-order valence-corrected chi connectivity index (χ1v) is 13.5. The molecule has 0 radical (unpaired) electrons. The second-order valence-electron chi connectivity index (χ2n) is 9.81. The molecule has 0 atom stereocenters. The fourth-order valence-electron chi connectivity index (χ4n) is 3.19. The molecular formula is C20H33BN2O3Si. The van der Waals surface area contributed by atoms with Crippen LogP contribution >= 0.6 is 0 Å². The van der Waals surface area contributed by atoms with Crippen LogP contribution in [0.25, 0.3) is 10.9 Å². The summed E-state index contributed by atoms with van der Waals surface area (Å²) < 4.78 is 20.6. The van der Waals surface area contributed by atoms with Crippen LogP contribution in [0.4, 0.5) is 0 Å². The van der Waals surface area contributed by atoms with Gasteiger partial charge in [0.05, 0.1) is 22.9 Å². The molecule has 7 heteroatoms. The highest BCUT2D eigenvalue weighted by Gasteiger charge is 2.52. The van der Waals surface area contributed by atoms with Crippen LogP contribution in [0.3, 0.4) is 0 Å². The number of aryl methyl sites for hydroxylation is 1. The van der Waals surface area contributed by atoms with Gasteiger partial charge < -0.3 is 14.0 Å². The summed E-state index contributed by atoms with van der Waals surface area (Å²) in [6.45, 7) is 18.7. The summed E-state index contributed by atoms with van der Waals surface area (Å²) in [5.74, 6) is 0. The van der Waals surface area contributed by atoms with E-state index in [-0.39, 0.29) is 11.2 Å². The lowest BCUT2D eigenvalue weighted by Crippen LogP contribution is -2.41. The number of hydrogen-bond acceptors (Lipinski definition) is 4. The van der Waals surface area contributed by atoms with Gasteiger partial charge in [0.2, 0.25) is 0 Å². The van der Waals surface area contributed by atoms with Crippen molar-refractivity contribution in [3.8, 4) is 0 Å². The Morgan fingerprint density at radius 2 is 1.74 bits per heavy atom. The average molecular weight is 388 g/mol. The quantitative estimate of drug-likeness (QED) is 0.555. The molecule has 1 aliphatic heterocycles. The first kappa shape index (κ1) is 20.6. The van der Waals surface area contributed by atoms with Gasteiger partial charge in [0.25, 0.3) is 0 Å². The van der Waals surface area contributed by atoms with E-state index >= 15 is 0 Å². The fourth-order valence-corrected chi connectivity index (χ4v) is 3.95. The third kappa shape index (κ3) is 4.16. The van der Waals surface area contributed by atoms with Crippen molar-refractivity contribution >= 4 is 31.6 Å². The second-order valence-corrected chi connectivity index (χ2v) is 15.4. The molecule has 5 nitrogen and oxygen atoms in total. The zero-order valence-corrected chi connectivity index (χ0v) is 19.0. The van der Waals surface area contributed by atoms with Crippen LogP contribution in [-0.2, 0) is 20.8 Å². The number of benzene rings is 1. The van der Waals surface area contributed by atoms with Gasteiger partial charge in [0.15, 0.2) is 0 Å². The van der Waals surface area contributed by atoms with Gasteiger partial charge in [-0.25, -0.2) is 4.68 Å². The predicted molar refractivity (Wildman–Crippen MR) is 114 cm³/mol. The van der Waals surface area contributed by atoms with Crippen LogP contribution in [0, 0.1) is 6.92 Å². The lowest BCUT2D eigenvalue weighted by Gasteiger charge is -2.32. The van der Waals surface area contributed by atoms with Gasteiger partial charge in [-0.3, -0.25) is 0 Å². The van der Waals surface area contributed by atoms with Gasteiger partial charge in [-0.05, 0) is 46.2 Å². The summed E-state index contributed by atoms with van der Waals surface area (Å²) in [4.78, 5) is 0. The van der Waals surface area contributed by atoms with E-state index in [1.807, 2.05) is 10.9 Å². The molecule has 1 fully saturated rings. The van der Waals surface area contributed by atoms with E-state index in [0.717, 1.165) is 34.6 Å². The lowest BCUT2D eigenvalue weighted by molar-refractivity contribution is 0.00578. The number of nitrogens with zero attached hydrogens (tertiary/aromatic N) is 2. The van der Waals surface area contributed by atoms with Gasteiger partial charge >= 0.3 is 7.12 Å². The van der Waals surface area contributed by atoms with E-state index in [0.29, 0.717) is 6.73 Å². The van der Waals surface area contributed by atoms with Crippen LogP contribution in [-0.4, -0.2) is 42.8 Å². The van der Waals surface area contributed by atoms with E-state index in [1.54, 1.807) is 0 Å². The first-order valence-electron chi connectivity index (χ1n) is 9.80. The minimum Gasteiger partial charge on any atom is -0.399 e. The van der Waals surface area contributed by atoms with E-state index in [1.165, 1.54) is 0 Å². The molecule has 2 heterocycles. The number of hydrogen-bond donors (Lipinski definition) is 0. The third-order valence-electron chi connectivity index (χ3n) is 5.76. The maximum Gasteiger partial charge on any atom is 0.497 e. The largest absolute Gasteiger partial charge is 0.497 e. The highest BCUT2D eigenvalue weighted by Crippen LogP contribution is 2.37. The zero-order valence-electron chi connectivity index (χ0n) is 18.0. The number of aromatic nitrogens is 2. The molecule has 1 aromatic carbocycles. The van der Waals surface area contributed by atoms with E-state index in [2.05, 4.69) is 71.5 Å². The molecule has 0 N–H and O–H groups in total. The van der Waals surface area contributed by atoms with Gasteiger partial charge in [-0.2, -0.15) is 5.10 Å². The summed E-state index contributed by atoms with van der Waals surface area (Å²) in [6.07, 6.45) is 1.89. The predicted octanol–water partition coefficient (Wildman–Crippen LogP) is 3.96. The van der Waals surface area contributed by atoms with E-state index < -0.39 is 15.2 Å². The van der Waals surface area contributed by atoms with Crippen molar-refractivity contribution in [2.45, 2.75) is 78.2 Å². The molecule has 3 rings (SSSR count). The van der Waals surface area contributed by atoms with Crippen LogP contribution in [0.2, 0.25) is 25.7 Å². The average Bonchev–Trinajstić information content (AvgIpc) is 3.01. The summed E-state index contributed by atoms with van der Waals surface area (Å²) in [6, 6.07) is 5.36. The first-order chi connectivity index (χ1) is 12.4. The van der Waals surface area contributed by atoms with Crippen LogP contribution in [0.5, 0.6) is 0 Å². The SMILES string of the molecule is Cc1ccc2cnn(COCC[Si](C)(C)C)c2c1B1OC(C)(C)C(C)(C)O1. The Morgan fingerprint density at radius 3 is 2.33 bits per heavy atom. The van der Waals surface area contributed by atoms with Crippen LogP contribution < -0.4 is 5.46 Å². The van der Waals surface area contributed by atoms with E-state index in [4.69, 9.17) is 14.0 Å². The summed E-state index contributed by atoms with van der Waals surface area (Å²) in [7, 11) is -1.51. The molecule has 0 amide bonds. The second kappa shape index (κ2) is 7.03. The van der Waals surface area contributed by atoms with Gasteiger partial charge in [0, 0.05) is 25.5 Å². The minimum atomic E-state index is -1.10. The topological polar surface area (TPSA) is 45.5 Å². The smallest absolute Gasteiger partial charge is 0.399 e. The van der Waals surface area contributed by atoms with Gasteiger partial charge in [-0.15, -0.1) is 0 Å². The van der Waals surface area contributed by atoms with Gasteiger partial charge in [0.1, 0.15) is 6.73 Å². The van der Waals surface area contributed by atoms with Crippen molar-refractivity contribution in [3.05, 3.63) is 23.9 Å². The maximum atomic E-state index is 6.34. The Hall–Kier alpha value is -1.15. The Balaban J connectivity index is 1.90. The highest BCUT2D eigenvalue weighted by atomic mass is 28.3. The molecule has 0 spiro atoms. The Labute approximate surface area is 164 Å². The van der Waals surface area contributed by atoms with Crippen molar-refractivity contribution in [2.75, 3.05) is 6.61 Å². The van der Waals surface area contributed by atoms with E-state index in [9.17, 15) is 0 Å². The third-order valence-corrected chi connectivity index (χ3v) is 7.46. The molecule has 1 aromatic heterocycles. The zero-order chi connectivity index (χ0) is 20.0. The fraction of sp³-hybridized carbons (Fsp3) is 0.650. The summed E-state index contributed by atoms with van der Waals surface area (Å²) in [5, 5.41) is 5.65. The van der Waals surface area contributed by atoms with Gasteiger partial charge in [-0.1, -0.05) is 31.8 Å². The van der Waals surface area contributed by atoms with Crippen molar-refractivity contribution in [2.24, 2.45) is 0 Å². The molecule has 1 saturated heterocycles. The maximum absolute atomic E-state index is 6.34. The molecule has 2 aromatic rings. The van der Waals surface area contributed by atoms with Crippen molar-refractivity contribution in [1.29, 1.82) is 0 Å². The Kier molecular flexibility index (Phi) is 5.36. The van der Waals surface area contributed by atoms with Crippen LogP contribution in [0.15, 0.2) is 18.3 Å². The van der Waals surface area contributed by atoms with Crippen molar-refractivity contribution in [1.82, 2.24) is 9.78 Å². The monoisotopic (exact) mass is 388 g/mol. The minimum absolute atomic E-state index is 0.370. The molecule has 1 aliphatic rings. The summed E-state index contributed by atoms with van der Waals surface area (Å²) in [5.41, 5.74) is 2.50. The molecular weight excluding hydrogens is 355 g/mol. The van der Waals surface area contributed by atoms with Crippen molar-refractivity contribution in [3.63, 3.8) is 0 Å². The molecule has 0 aliphatic carbocycles. The van der Waals surface area contributed by atoms with Crippen molar-refractivity contribution < 1.29 is 14.0 Å². The highest BCUT2D eigenvalue weighted by molar-refractivity contribution is 6.76. The van der Waals surface area contributed by atoms with Crippen LogP contribution in [0.1, 0.15) is 33.3 Å². The normalized spacial score (nSPS) is 19.2. The molecule has 27 heavy (non-hydrogen) atoms. The number of rotatable bonds is 6. The number of fused-ring (bicyclic) bond motifs is 1. The molecule has 148 valence electrons. The summed E-state index contributed by atoms with van der Waals surface area (Å²) >= 11 is 0. The number of ether oxygens (including phenoxy) is 1. The molecule has 0 saturated carbocycles. The molecule has 0 unspecified atom stereocenters. The Bertz CT molecular complexity index is 810. The molecule has 0 bridgehead atoms. The lowest BCUT2D eigenvalue weighted by atomic mass is 9.75. The standard InChI is InChI=1S/C20H33BN2O3Si/c1-15-9-10-16-13-22-23(14-24-11-12-27(6,7)8)18(16)17(15)21-25-19(2,3)20(4,5)26-21/h9-10,13H,11-12,14H2,1-8H3.